The van der Waals surface area contributed by atoms with E-state index in [-0.39, 0.29) is 0 Å². The molecule has 0 aromatic rings. The molecule has 0 aromatic heterocycles. The molecule has 2 unspecified atom stereocenters. The quantitative estimate of drug-likeness (QED) is 0.842. The summed E-state index contributed by atoms with van der Waals surface area (Å²) in [7, 11) is 0. The smallest absolute Gasteiger partial charge is 0.236 e. The first-order chi connectivity index (χ1) is 9.22. The molecule has 4 nitrogen and oxygen atoms in total. The average molecular weight is 267 g/mol. The first-order valence-corrected chi connectivity index (χ1v) is 7.94. The first kappa shape index (κ1) is 14.8. The minimum atomic E-state index is 0.314. The lowest BCUT2D eigenvalue weighted by molar-refractivity contribution is -0.133. The number of hydrogen-bond donors (Lipinski definition) is 1. The van der Waals surface area contributed by atoms with Crippen LogP contribution in [0.5, 0.6) is 0 Å². The summed E-state index contributed by atoms with van der Waals surface area (Å²) in [6, 6.07) is 0.393. The van der Waals surface area contributed by atoms with Gasteiger partial charge in [0.2, 0.25) is 5.91 Å². The van der Waals surface area contributed by atoms with Gasteiger partial charge in [0.05, 0.1) is 6.54 Å². The van der Waals surface area contributed by atoms with E-state index in [1.165, 1.54) is 38.5 Å². The van der Waals surface area contributed by atoms with Gasteiger partial charge in [0.15, 0.2) is 0 Å². The zero-order valence-electron chi connectivity index (χ0n) is 12.3. The Morgan fingerprint density at radius 2 is 1.79 bits per heavy atom. The third-order valence-electron chi connectivity index (χ3n) is 4.77. The molecule has 2 atom stereocenters. The second-order valence-electron chi connectivity index (χ2n) is 6.19. The fourth-order valence-electron chi connectivity index (χ4n) is 3.51. The van der Waals surface area contributed by atoms with Crippen LogP contribution in [0.15, 0.2) is 0 Å². The highest BCUT2D eigenvalue weighted by molar-refractivity contribution is 5.78. The Bertz CT molecular complexity index is 287. The van der Waals surface area contributed by atoms with Gasteiger partial charge in [-0.25, -0.2) is 0 Å². The zero-order valence-corrected chi connectivity index (χ0v) is 12.3. The molecule has 0 bridgehead atoms. The maximum absolute atomic E-state index is 12.4. The average Bonchev–Trinajstić information content (AvgIpc) is 2.68. The van der Waals surface area contributed by atoms with Gasteiger partial charge in [0, 0.05) is 25.7 Å². The zero-order chi connectivity index (χ0) is 13.7. The Balaban J connectivity index is 1.89. The van der Waals surface area contributed by atoms with Crippen LogP contribution in [0, 0.1) is 5.92 Å². The van der Waals surface area contributed by atoms with Crippen molar-refractivity contribution in [2.75, 3.05) is 32.7 Å². The van der Waals surface area contributed by atoms with Crippen molar-refractivity contribution in [3.05, 3.63) is 0 Å². The molecule has 1 amide bonds. The van der Waals surface area contributed by atoms with Crippen molar-refractivity contribution >= 4 is 5.91 Å². The molecule has 0 radical (unpaired) electrons. The molecule has 0 aromatic carbocycles. The van der Waals surface area contributed by atoms with Gasteiger partial charge in [-0.2, -0.15) is 0 Å². The summed E-state index contributed by atoms with van der Waals surface area (Å²) in [5, 5.41) is 0. The Kier molecular flexibility index (Phi) is 5.64. The molecular formula is C15H29N3O. The summed E-state index contributed by atoms with van der Waals surface area (Å²) >= 11 is 0. The van der Waals surface area contributed by atoms with Crippen molar-refractivity contribution in [1.82, 2.24) is 9.80 Å². The fraction of sp³-hybridized carbons (Fsp3) is 0.933. The Morgan fingerprint density at radius 1 is 1.11 bits per heavy atom. The van der Waals surface area contributed by atoms with Gasteiger partial charge in [0.25, 0.3) is 0 Å². The third kappa shape index (κ3) is 3.93. The molecule has 2 aliphatic heterocycles. The van der Waals surface area contributed by atoms with Crippen LogP contribution in [0.25, 0.3) is 0 Å². The second kappa shape index (κ2) is 7.25. The van der Waals surface area contributed by atoms with Gasteiger partial charge in [-0.05, 0) is 38.1 Å². The predicted molar refractivity (Wildman–Crippen MR) is 77.9 cm³/mol. The van der Waals surface area contributed by atoms with Gasteiger partial charge in [0.1, 0.15) is 0 Å². The minimum absolute atomic E-state index is 0.314. The van der Waals surface area contributed by atoms with Crippen molar-refractivity contribution in [2.24, 2.45) is 11.7 Å². The SMILES string of the molecule is CC1CCCN(CC(=O)N2CCCCCC2)C1CN. The van der Waals surface area contributed by atoms with E-state index in [4.69, 9.17) is 5.73 Å². The number of carbonyl (C=O) groups is 1. The second-order valence-corrected chi connectivity index (χ2v) is 6.19. The highest BCUT2D eigenvalue weighted by Crippen LogP contribution is 2.22. The number of piperidine rings is 1. The Hall–Kier alpha value is -0.610. The molecule has 2 fully saturated rings. The van der Waals surface area contributed by atoms with Crippen LogP contribution in [0.1, 0.15) is 45.4 Å². The van der Waals surface area contributed by atoms with E-state index in [0.29, 0.717) is 31.0 Å². The molecule has 2 heterocycles. The highest BCUT2D eigenvalue weighted by atomic mass is 16.2. The summed E-state index contributed by atoms with van der Waals surface area (Å²) in [5.41, 5.74) is 5.90. The number of rotatable bonds is 3. The van der Waals surface area contributed by atoms with E-state index < -0.39 is 0 Å². The van der Waals surface area contributed by atoms with Crippen LogP contribution in [0.2, 0.25) is 0 Å². The molecule has 2 saturated heterocycles. The fourth-order valence-corrected chi connectivity index (χ4v) is 3.51. The van der Waals surface area contributed by atoms with Crippen molar-refractivity contribution in [3.8, 4) is 0 Å². The lowest BCUT2D eigenvalue weighted by Crippen LogP contribution is -2.52. The van der Waals surface area contributed by atoms with Crippen LogP contribution in [0.4, 0.5) is 0 Å². The van der Waals surface area contributed by atoms with Crippen LogP contribution in [0.3, 0.4) is 0 Å². The number of nitrogens with two attached hydrogens (primary N) is 1. The van der Waals surface area contributed by atoms with Gasteiger partial charge in [-0.1, -0.05) is 19.8 Å². The van der Waals surface area contributed by atoms with Crippen LogP contribution in [-0.2, 0) is 4.79 Å². The van der Waals surface area contributed by atoms with Gasteiger partial charge in [-0.15, -0.1) is 0 Å². The van der Waals surface area contributed by atoms with E-state index >= 15 is 0 Å². The normalized spacial score (nSPS) is 30.1. The summed E-state index contributed by atoms with van der Waals surface area (Å²) < 4.78 is 0. The summed E-state index contributed by atoms with van der Waals surface area (Å²) in [5.74, 6) is 0.935. The van der Waals surface area contributed by atoms with Gasteiger partial charge < -0.3 is 10.6 Å². The number of nitrogens with zero attached hydrogens (tertiary/aromatic N) is 2. The molecule has 19 heavy (non-hydrogen) atoms. The van der Waals surface area contributed by atoms with Crippen molar-refractivity contribution in [2.45, 2.75) is 51.5 Å². The number of carbonyl (C=O) groups excluding carboxylic acids is 1. The lowest BCUT2D eigenvalue weighted by atomic mass is 9.91. The van der Waals surface area contributed by atoms with Crippen molar-refractivity contribution in [1.29, 1.82) is 0 Å². The molecule has 0 spiro atoms. The molecule has 0 saturated carbocycles. The van der Waals surface area contributed by atoms with Crippen LogP contribution < -0.4 is 5.73 Å². The monoisotopic (exact) mass is 267 g/mol. The molecule has 2 N–H and O–H groups in total. The van der Waals surface area contributed by atoms with E-state index in [1.807, 2.05) is 0 Å². The largest absolute Gasteiger partial charge is 0.342 e. The van der Waals surface area contributed by atoms with E-state index in [2.05, 4.69) is 16.7 Å². The number of amides is 1. The third-order valence-corrected chi connectivity index (χ3v) is 4.77. The molecule has 110 valence electrons. The predicted octanol–water partition coefficient (Wildman–Crippen LogP) is 1.45. The minimum Gasteiger partial charge on any atom is -0.342 e. The standard InChI is InChI=1S/C15H29N3O/c1-13-7-6-10-18(14(13)11-16)12-15(19)17-8-4-2-3-5-9-17/h13-14H,2-12,16H2,1H3. The highest BCUT2D eigenvalue weighted by Gasteiger charge is 2.29. The maximum atomic E-state index is 12.4. The van der Waals surface area contributed by atoms with Gasteiger partial charge >= 0.3 is 0 Å². The van der Waals surface area contributed by atoms with Crippen LogP contribution in [-0.4, -0.2) is 54.5 Å². The van der Waals surface area contributed by atoms with E-state index in [0.717, 1.165) is 19.6 Å². The molecule has 2 rings (SSSR count). The Labute approximate surface area is 117 Å². The van der Waals surface area contributed by atoms with Crippen LogP contribution >= 0.6 is 0 Å². The maximum Gasteiger partial charge on any atom is 0.236 e. The topological polar surface area (TPSA) is 49.6 Å². The van der Waals surface area contributed by atoms with Crippen molar-refractivity contribution < 1.29 is 4.79 Å². The Morgan fingerprint density at radius 3 is 2.42 bits per heavy atom. The summed E-state index contributed by atoms with van der Waals surface area (Å²) in [4.78, 5) is 16.8. The lowest BCUT2D eigenvalue weighted by Gasteiger charge is -2.39. The summed E-state index contributed by atoms with van der Waals surface area (Å²) in [6.45, 7) is 6.46. The number of likely N-dealkylation sites (tertiary alicyclic amines) is 2. The molecule has 0 aliphatic carbocycles. The van der Waals surface area contributed by atoms with Gasteiger partial charge in [-0.3, -0.25) is 9.69 Å². The number of hydrogen-bond acceptors (Lipinski definition) is 3. The van der Waals surface area contributed by atoms with E-state index in [1.54, 1.807) is 0 Å². The molecule has 4 heteroatoms. The first-order valence-electron chi connectivity index (χ1n) is 7.94. The molecule has 2 aliphatic rings. The summed E-state index contributed by atoms with van der Waals surface area (Å²) in [6.07, 6.45) is 7.33. The van der Waals surface area contributed by atoms with Crippen molar-refractivity contribution in [3.63, 3.8) is 0 Å². The molecular weight excluding hydrogens is 238 g/mol. The van der Waals surface area contributed by atoms with E-state index in [9.17, 15) is 4.79 Å².